The molecule has 0 rings (SSSR count). The van der Waals surface area contributed by atoms with E-state index in [2.05, 4.69) is 65.9 Å². The lowest BCUT2D eigenvalue weighted by atomic mass is 9.90. The summed E-state index contributed by atoms with van der Waals surface area (Å²) in [5.74, 6) is 0. The van der Waals surface area contributed by atoms with E-state index in [1.54, 1.807) is 0 Å². The van der Waals surface area contributed by atoms with Crippen molar-refractivity contribution in [3.63, 3.8) is 0 Å². The molecule has 0 aromatic rings. The predicted octanol–water partition coefficient (Wildman–Crippen LogP) is 5.68. The van der Waals surface area contributed by atoms with Crippen molar-refractivity contribution in [3.05, 3.63) is 22.8 Å². The molecule has 0 aliphatic rings. The monoisotopic (exact) mass is 366 g/mol. The second-order valence-corrected chi connectivity index (χ2v) is 10.7. The van der Waals surface area contributed by atoms with Crippen molar-refractivity contribution in [3.8, 4) is 0 Å². The van der Waals surface area contributed by atoms with Crippen LogP contribution in [0.15, 0.2) is 22.8 Å². The van der Waals surface area contributed by atoms with Crippen LogP contribution in [0.2, 0.25) is 19.6 Å². The molecule has 0 radical (unpaired) electrons. The van der Waals surface area contributed by atoms with Gasteiger partial charge in [0.2, 0.25) is 0 Å². The van der Waals surface area contributed by atoms with Crippen LogP contribution in [0.4, 0.5) is 0 Å². The first kappa shape index (κ1) is 17.4. The molecule has 17 heavy (non-hydrogen) atoms. The molecule has 0 amide bonds. The van der Waals surface area contributed by atoms with Gasteiger partial charge in [0.05, 0.1) is 5.60 Å². The molecule has 1 unspecified atom stereocenters. The molecule has 0 bridgehead atoms. The average molecular weight is 366 g/mol. The minimum absolute atomic E-state index is 0.0100. The van der Waals surface area contributed by atoms with Crippen LogP contribution in [0.5, 0.6) is 0 Å². The fourth-order valence-corrected chi connectivity index (χ4v) is 3.91. The van der Waals surface area contributed by atoms with Gasteiger partial charge in [0.15, 0.2) is 8.32 Å². The van der Waals surface area contributed by atoms with Crippen LogP contribution in [0.3, 0.4) is 0 Å². The van der Waals surface area contributed by atoms with E-state index < -0.39 is 8.32 Å². The van der Waals surface area contributed by atoms with Crippen LogP contribution >= 0.6 is 22.6 Å². The van der Waals surface area contributed by atoms with Gasteiger partial charge in [0.1, 0.15) is 0 Å². The lowest BCUT2D eigenvalue weighted by molar-refractivity contribution is 0.0549. The average Bonchev–Trinajstić information content (AvgIpc) is 2.22. The molecule has 0 fully saturated rings. The molecule has 0 aromatic carbocycles. The Morgan fingerprint density at radius 2 is 1.94 bits per heavy atom. The highest BCUT2D eigenvalue weighted by molar-refractivity contribution is 14.1. The lowest BCUT2D eigenvalue weighted by Gasteiger charge is -2.38. The molecule has 0 aliphatic heterocycles. The van der Waals surface area contributed by atoms with Gasteiger partial charge in [-0.3, -0.25) is 0 Å². The van der Waals surface area contributed by atoms with E-state index in [0.717, 1.165) is 19.3 Å². The maximum Gasteiger partial charge on any atom is 0.184 e. The van der Waals surface area contributed by atoms with Gasteiger partial charge in [-0.05, 0) is 43.0 Å². The summed E-state index contributed by atoms with van der Waals surface area (Å²) in [7, 11) is -1.51. The number of halogens is 1. The van der Waals surface area contributed by atoms with E-state index in [4.69, 9.17) is 4.43 Å². The Bertz CT molecular complexity index is 245. The van der Waals surface area contributed by atoms with E-state index in [-0.39, 0.29) is 5.60 Å². The Kier molecular flexibility index (Phi) is 8.68. The third kappa shape index (κ3) is 8.16. The zero-order valence-electron chi connectivity index (χ0n) is 11.8. The molecule has 0 saturated carbocycles. The summed E-state index contributed by atoms with van der Waals surface area (Å²) in [5, 5.41) is 0. The maximum atomic E-state index is 6.48. The summed E-state index contributed by atoms with van der Waals surface area (Å²) in [6.07, 6.45) is 9.79. The Morgan fingerprint density at radius 3 is 2.35 bits per heavy atom. The number of rotatable bonds is 9. The van der Waals surface area contributed by atoms with Crippen molar-refractivity contribution in [2.24, 2.45) is 0 Å². The standard InChI is InChI=1S/C14H27IOSi/c1-6-8-11-14(10-7-2,12-9-13-15)16-17(3,4)5/h7,9,13H,2,6,8,10-12H2,1,3-5H3/b13-9+. The highest BCUT2D eigenvalue weighted by Gasteiger charge is 2.33. The summed E-state index contributed by atoms with van der Waals surface area (Å²) in [6, 6.07) is 0. The van der Waals surface area contributed by atoms with E-state index in [0.29, 0.717) is 0 Å². The molecular formula is C14H27IOSi. The van der Waals surface area contributed by atoms with E-state index in [1.807, 2.05) is 6.08 Å². The molecule has 100 valence electrons. The number of hydrogen-bond donors (Lipinski definition) is 0. The first-order valence-electron chi connectivity index (χ1n) is 6.45. The molecule has 0 saturated heterocycles. The van der Waals surface area contributed by atoms with Crippen LogP contribution in [-0.2, 0) is 4.43 Å². The molecular weight excluding hydrogens is 339 g/mol. The third-order valence-corrected chi connectivity index (χ3v) is 4.16. The topological polar surface area (TPSA) is 9.23 Å². The number of hydrogen-bond acceptors (Lipinski definition) is 1. The summed E-state index contributed by atoms with van der Waals surface area (Å²) >= 11 is 2.28. The van der Waals surface area contributed by atoms with Gasteiger partial charge in [0, 0.05) is 0 Å². The first-order chi connectivity index (χ1) is 7.89. The first-order valence-corrected chi connectivity index (χ1v) is 11.1. The van der Waals surface area contributed by atoms with Crippen molar-refractivity contribution in [2.45, 2.75) is 64.3 Å². The maximum absolute atomic E-state index is 6.48. The Hall–Kier alpha value is 0.387. The minimum atomic E-state index is -1.51. The highest BCUT2D eigenvalue weighted by Crippen LogP contribution is 2.32. The van der Waals surface area contributed by atoms with Gasteiger partial charge in [-0.25, -0.2) is 0 Å². The zero-order chi connectivity index (χ0) is 13.4. The SMILES string of the molecule is C=CCC(C/C=C/I)(CCCC)O[Si](C)(C)C. The van der Waals surface area contributed by atoms with Crippen molar-refractivity contribution >= 4 is 30.9 Å². The van der Waals surface area contributed by atoms with Gasteiger partial charge >= 0.3 is 0 Å². The summed E-state index contributed by atoms with van der Waals surface area (Å²) in [4.78, 5) is 0. The second kappa shape index (κ2) is 8.48. The molecule has 1 nitrogen and oxygen atoms in total. The van der Waals surface area contributed by atoms with Gasteiger partial charge in [-0.15, -0.1) is 6.58 Å². The van der Waals surface area contributed by atoms with Gasteiger partial charge in [0.25, 0.3) is 0 Å². The summed E-state index contributed by atoms with van der Waals surface area (Å²) in [5.41, 5.74) is -0.0100. The lowest BCUT2D eigenvalue weighted by Crippen LogP contribution is -2.42. The molecule has 0 N–H and O–H groups in total. The van der Waals surface area contributed by atoms with E-state index >= 15 is 0 Å². The van der Waals surface area contributed by atoms with Gasteiger partial charge in [-0.2, -0.15) is 0 Å². The normalized spacial score (nSPS) is 16.1. The minimum Gasteiger partial charge on any atom is -0.412 e. The zero-order valence-corrected chi connectivity index (χ0v) is 14.9. The second-order valence-electron chi connectivity index (χ2n) is 5.56. The molecule has 3 heteroatoms. The van der Waals surface area contributed by atoms with Crippen molar-refractivity contribution in [1.29, 1.82) is 0 Å². The third-order valence-electron chi connectivity index (χ3n) is 2.60. The molecule has 1 atom stereocenters. The van der Waals surface area contributed by atoms with Crippen LogP contribution in [0.25, 0.3) is 0 Å². The van der Waals surface area contributed by atoms with Gasteiger partial charge < -0.3 is 4.43 Å². The molecule has 0 aromatic heterocycles. The van der Waals surface area contributed by atoms with Crippen molar-refractivity contribution in [1.82, 2.24) is 0 Å². The summed E-state index contributed by atoms with van der Waals surface area (Å²) < 4.78 is 8.58. The van der Waals surface area contributed by atoms with Crippen LogP contribution in [0.1, 0.15) is 39.0 Å². The molecule has 0 heterocycles. The van der Waals surface area contributed by atoms with Crippen LogP contribution < -0.4 is 0 Å². The molecule has 0 spiro atoms. The Balaban J connectivity index is 4.85. The Labute approximate surface area is 122 Å². The van der Waals surface area contributed by atoms with Gasteiger partial charge in [-0.1, -0.05) is 54.5 Å². The fourth-order valence-electron chi connectivity index (χ4n) is 2.09. The van der Waals surface area contributed by atoms with Crippen LogP contribution in [-0.4, -0.2) is 13.9 Å². The van der Waals surface area contributed by atoms with Crippen molar-refractivity contribution in [2.75, 3.05) is 0 Å². The summed E-state index contributed by atoms with van der Waals surface area (Å²) in [6.45, 7) is 12.9. The highest BCUT2D eigenvalue weighted by atomic mass is 127. The quantitative estimate of drug-likeness (QED) is 0.290. The largest absolute Gasteiger partial charge is 0.412 e. The number of unbranched alkanes of at least 4 members (excludes halogenated alkanes) is 1. The Morgan fingerprint density at radius 1 is 1.29 bits per heavy atom. The smallest absolute Gasteiger partial charge is 0.184 e. The van der Waals surface area contributed by atoms with E-state index in [9.17, 15) is 0 Å². The van der Waals surface area contributed by atoms with E-state index in [1.165, 1.54) is 12.8 Å². The predicted molar refractivity (Wildman–Crippen MR) is 89.3 cm³/mol. The van der Waals surface area contributed by atoms with Crippen LogP contribution in [0, 0.1) is 0 Å². The molecule has 0 aliphatic carbocycles. The fraction of sp³-hybridized carbons (Fsp3) is 0.714. The van der Waals surface area contributed by atoms with Crippen molar-refractivity contribution < 1.29 is 4.43 Å².